The molecule has 192 valence electrons. The van der Waals surface area contributed by atoms with Gasteiger partial charge in [-0.3, -0.25) is 9.59 Å². The summed E-state index contributed by atoms with van der Waals surface area (Å²) in [6.45, 7) is 7.03. The first-order valence-corrected chi connectivity index (χ1v) is 12.3. The quantitative estimate of drug-likeness (QED) is 0.155. The summed E-state index contributed by atoms with van der Waals surface area (Å²) in [6.07, 6.45) is 9.40. The van der Waals surface area contributed by atoms with Crippen molar-refractivity contribution in [3.05, 3.63) is 35.9 Å². The van der Waals surface area contributed by atoms with Crippen LogP contribution >= 0.6 is 0 Å². The first-order chi connectivity index (χ1) is 16.3. The second-order valence-corrected chi connectivity index (χ2v) is 8.84. The van der Waals surface area contributed by atoms with Gasteiger partial charge in [-0.2, -0.15) is 0 Å². The number of carbonyl (C=O) groups is 2. The smallest absolute Gasteiger partial charge is 0.239 e. The zero-order valence-corrected chi connectivity index (χ0v) is 21.3. The molecule has 1 unspecified atom stereocenters. The third-order valence-electron chi connectivity index (χ3n) is 5.22. The van der Waals surface area contributed by atoms with Gasteiger partial charge in [0.25, 0.3) is 0 Å². The van der Waals surface area contributed by atoms with E-state index < -0.39 is 12.3 Å². The maximum Gasteiger partial charge on any atom is 0.239 e. The van der Waals surface area contributed by atoms with Crippen molar-refractivity contribution in [2.75, 3.05) is 13.7 Å². The predicted molar refractivity (Wildman–Crippen MR) is 136 cm³/mol. The summed E-state index contributed by atoms with van der Waals surface area (Å²) < 4.78 is 11.3. The molecule has 1 aromatic rings. The number of methoxy groups -OCH3 is 1. The van der Waals surface area contributed by atoms with Crippen LogP contribution in [0.1, 0.15) is 71.3 Å². The van der Waals surface area contributed by atoms with Crippen molar-refractivity contribution in [1.29, 1.82) is 0 Å². The molecule has 1 rings (SSSR count). The fraction of sp³-hybridized carbons (Fsp3) is 0.615. The highest BCUT2D eigenvalue weighted by Crippen LogP contribution is 2.28. The Hall–Kier alpha value is -2.58. The molecule has 0 aromatic heterocycles. The molecule has 0 spiro atoms. The van der Waals surface area contributed by atoms with E-state index in [-0.39, 0.29) is 11.8 Å². The fourth-order valence-corrected chi connectivity index (χ4v) is 3.29. The minimum atomic E-state index is -0.595. The van der Waals surface area contributed by atoms with Crippen LogP contribution in [0, 0.1) is 5.92 Å². The molecule has 8 nitrogen and oxygen atoms in total. The van der Waals surface area contributed by atoms with Gasteiger partial charge < -0.3 is 31.6 Å². The maximum absolute atomic E-state index is 12.2. The number of rotatable bonds is 17. The number of unbranched alkanes of at least 4 members (excludes halogenated alkanes) is 3. The Labute approximate surface area is 204 Å². The number of nitrogens with one attached hydrogen (secondary N) is 2. The second kappa shape index (κ2) is 16.9. The van der Waals surface area contributed by atoms with E-state index in [4.69, 9.17) is 20.9 Å². The molecule has 0 aliphatic rings. The molecule has 6 N–H and O–H groups in total. The Morgan fingerprint density at radius 1 is 1.09 bits per heavy atom. The van der Waals surface area contributed by atoms with Gasteiger partial charge in [-0.1, -0.05) is 38.5 Å². The largest absolute Gasteiger partial charge is 0.493 e. The van der Waals surface area contributed by atoms with Gasteiger partial charge in [0.05, 0.1) is 13.2 Å². The van der Waals surface area contributed by atoms with E-state index in [2.05, 4.69) is 36.6 Å². The van der Waals surface area contributed by atoms with E-state index in [0.717, 1.165) is 37.7 Å². The van der Waals surface area contributed by atoms with E-state index in [1.807, 2.05) is 12.1 Å². The van der Waals surface area contributed by atoms with Crippen LogP contribution < -0.4 is 31.6 Å². The number of amides is 2. The molecule has 8 heteroatoms. The standard InChI is InChI=1S/C26H44N4O4/c1-19(2)11-7-5-6-8-13-25(31)29-18-21-14-15-23(24(17-21)33-4)34-20(3)30-26(32)22(28)12-9-10-16-27/h7,11,14-15,17,19-20,22H,5-6,8-10,12-13,16,18,27-28H2,1-4H3,(H,29,31)(H,30,32)/b11-7+/t20?,22-/m0/s1. The van der Waals surface area contributed by atoms with Crippen LogP contribution in [0.4, 0.5) is 0 Å². The molecule has 0 aliphatic carbocycles. The highest BCUT2D eigenvalue weighted by molar-refractivity contribution is 5.81. The molecule has 34 heavy (non-hydrogen) atoms. The molecule has 2 amide bonds. The van der Waals surface area contributed by atoms with E-state index >= 15 is 0 Å². The molecule has 1 aromatic carbocycles. The first-order valence-electron chi connectivity index (χ1n) is 12.3. The highest BCUT2D eigenvalue weighted by atomic mass is 16.5. The average molecular weight is 477 g/mol. The zero-order valence-electron chi connectivity index (χ0n) is 21.3. The molecule has 0 bridgehead atoms. The molecular formula is C26H44N4O4. The number of benzene rings is 1. The van der Waals surface area contributed by atoms with Gasteiger partial charge in [-0.15, -0.1) is 0 Å². The minimum Gasteiger partial charge on any atom is -0.493 e. The normalized spacial score (nSPS) is 13.0. The second-order valence-electron chi connectivity index (χ2n) is 8.84. The Bertz CT molecular complexity index is 767. The summed E-state index contributed by atoms with van der Waals surface area (Å²) >= 11 is 0. The lowest BCUT2D eigenvalue weighted by Crippen LogP contribution is -2.46. The minimum absolute atomic E-state index is 0.0336. The van der Waals surface area contributed by atoms with Crippen molar-refractivity contribution in [2.45, 2.75) is 84.5 Å². The van der Waals surface area contributed by atoms with E-state index in [9.17, 15) is 9.59 Å². The van der Waals surface area contributed by atoms with Crippen LogP contribution in [0.2, 0.25) is 0 Å². The van der Waals surface area contributed by atoms with Crippen molar-refractivity contribution in [3.63, 3.8) is 0 Å². The Kier molecular flexibility index (Phi) is 14.7. The number of carbonyl (C=O) groups excluding carboxylic acids is 2. The first kappa shape index (κ1) is 29.5. The number of hydrogen-bond acceptors (Lipinski definition) is 6. The summed E-state index contributed by atoms with van der Waals surface area (Å²) in [4.78, 5) is 24.4. The van der Waals surface area contributed by atoms with Crippen LogP contribution in [-0.4, -0.2) is 37.7 Å². The van der Waals surface area contributed by atoms with Crippen molar-refractivity contribution in [1.82, 2.24) is 10.6 Å². The van der Waals surface area contributed by atoms with Gasteiger partial charge in [-0.25, -0.2) is 0 Å². The molecule has 0 aliphatic heterocycles. The van der Waals surface area contributed by atoms with E-state index in [0.29, 0.717) is 43.3 Å². The SMILES string of the molecule is COc1cc(CNC(=O)CCCC/C=C/C(C)C)ccc1OC(C)NC(=O)[C@@H](N)CCCCN. The van der Waals surface area contributed by atoms with E-state index in [1.165, 1.54) is 0 Å². The Morgan fingerprint density at radius 3 is 2.53 bits per heavy atom. The molecular weight excluding hydrogens is 432 g/mol. The highest BCUT2D eigenvalue weighted by Gasteiger charge is 2.17. The maximum atomic E-state index is 12.2. The number of hydrogen-bond donors (Lipinski definition) is 4. The van der Waals surface area contributed by atoms with Gasteiger partial charge >= 0.3 is 0 Å². The Balaban J connectivity index is 2.47. The molecule has 0 saturated heterocycles. The van der Waals surface area contributed by atoms with Crippen LogP contribution in [0.15, 0.2) is 30.4 Å². The van der Waals surface area contributed by atoms with Gasteiger partial charge in [0.15, 0.2) is 17.7 Å². The lowest BCUT2D eigenvalue weighted by Gasteiger charge is -2.20. The summed E-state index contributed by atoms with van der Waals surface area (Å²) in [7, 11) is 1.55. The lowest BCUT2D eigenvalue weighted by atomic mass is 10.1. The van der Waals surface area contributed by atoms with Gasteiger partial charge in [0, 0.05) is 13.0 Å². The number of nitrogens with two attached hydrogens (primary N) is 2. The third-order valence-corrected chi connectivity index (χ3v) is 5.22. The monoisotopic (exact) mass is 476 g/mol. The fourth-order valence-electron chi connectivity index (χ4n) is 3.29. The molecule has 2 atom stereocenters. The Morgan fingerprint density at radius 2 is 1.85 bits per heavy atom. The lowest BCUT2D eigenvalue weighted by molar-refractivity contribution is -0.125. The van der Waals surface area contributed by atoms with Gasteiger partial charge in [0.2, 0.25) is 11.8 Å². The summed E-state index contributed by atoms with van der Waals surface area (Å²) in [5.74, 6) is 1.35. The number of ether oxygens (including phenoxy) is 2. The number of allylic oxidation sites excluding steroid dienone is 2. The summed E-state index contributed by atoms with van der Waals surface area (Å²) in [6, 6.07) is 4.86. The zero-order chi connectivity index (χ0) is 25.3. The van der Waals surface area contributed by atoms with Crippen LogP contribution in [0.25, 0.3) is 0 Å². The summed E-state index contributed by atoms with van der Waals surface area (Å²) in [5, 5.41) is 5.71. The van der Waals surface area contributed by atoms with Crippen LogP contribution in [0.3, 0.4) is 0 Å². The topological polar surface area (TPSA) is 129 Å². The van der Waals surface area contributed by atoms with Crippen molar-refractivity contribution >= 4 is 11.8 Å². The third kappa shape index (κ3) is 12.6. The van der Waals surface area contributed by atoms with Crippen LogP contribution in [0.5, 0.6) is 11.5 Å². The molecule has 0 fully saturated rings. The summed E-state index contributed by atoms with van der Waals surface area (Å²) in [5.41, 5.74) is 12.3. The van der Waals surface area contributed by atoms with Gasteiger partial charge in [-0.05, 0) is 69.2 Å². The van der Waals surface area contributed by atoms with Crippen molar-refractivity contribution in [3.8, 4) is 11.5 Å². The molecule has 0 saturated carbocycles. The average Bonchev–Trinajstić information content (AvgIpc) is 2.80. The molecule has 0 radical (unpaired) electrons. The van der Waals surface area contributed by atoms with Crippen molar-refractivity contribution < 1.29 is 19.1 Å². The predicted octanol–water partition coefficient (Wildman–Crippen LogP) is 3.38. The molecule has 0 heterocycles. The van der Waals surface area contributed by atoms with Gasteiger partial charge in [0.1, 0.15) is 0 Å². The van der Waals surface area contributed by atoms with Crippen molar-refractivity contribution in [2.24, 2.45) is 17.4 Å². The van der Waals surface area contributed by atoms with E-state index in [1.54, 1.807) is 20.1 Å². The van der Waals surface area contributed by atoms with Crippen LogP contribution in [-0.2, 0) is 16.1 Å².